The van der Waals surface area contributed by atoms with E-state index in [9.17, 15) is 33.6 Å². The van der Waals surface area contributed by atoms with Crippen LogP contribution in [0.25, 0.3) is 0 Å². The molecule has 2 aromatic carbocycles. The molecular weight excluding hydrogens is 734 g/mol. The second-order valence-electron chi connectivity index (χ2n) is 14.5. The molecule has 5 atom stereocenters. The van der Waals surface area contributed by atoms with E-state index in [1.165, 1.54) is 12.7 Å². The van der Waals surface area contributed by atoms with Gasteiger partial charge in [-0.05, 0) is 91.4 Å². The van der Waals surface area contributed by atoms with Crippen LogP contribution < -0.4 is 26.4 Å². The third-order valence-electron chi connectivity index (χ3n) is 9.78. The summed E-state index contributed by atoms with van der Waals surface area (Å²) in [7, 11) is 3.43. The molecule has 0 radical (unpaired) electrons. The molecule has 16 nitrogen and oxygen atoms in total. The van der Waals surface area contributed by atoms with E-state index in [1.54, 1.807) is 47.9 Å². The number of nitrogens with two attached hydrogens (primary N) is 1. The van der Waals surface area contributed by atoms with Crippen molar-refractivity contribution in [1.29, 1.82) is 0 Å². The number of piperidine rings is 1. The van der Waals surface area contributed by atoms with Gasteiger partial charge < -0.3 is 45.8 Å². The van der Waals surface area contributed by atoms with Crippen LogP contribution >= 0.6 is 0 Å². The third kappa shape index (κ3) is 15.2. The van der Waals surface area contributed by atoms with E-state index < -0.39 is 36.2 Å². The summed E-state index contributed by atoms with van der Waals surface area (Å²) in [6, 6.07) is 14.5. The van der Waals surface area contributed by atoms with Crippen molar-refractivity contribution in [3.8, 4) is 5.75 Å². The quantitative estimate of drug-likeness (QED) is 0.182. The third-order valence-corrected chi connectivity index (χ3v) is 9.78. The Kier molecular flexibility index (Phi) is 18.9. The molecule has 16 heteroatoms. The van der Waals surface area contributed by atoms with E-state index >= 15 is 0 Å². The maximum absolute atomic E-state index is 13.5. The molecule has 5 rings (SSSR count). The number of likely N-dealkylation sites (tertiary alicyclic amines) is 3. The first-order valence-corrected chi connectivity index (χ1v) is 19.5. The summed E-state index contributed by atoms with van der Waals surface area (Å²) in [6.45, 7) is 6.96. The highest BCUT2D eigenvalue weighted by Crippen LogP contribution is 2.26. The molecule has 0 bridgehead atoms. The number of urea groups is 1. The molecule has 3 saturated heterocycles. The van der Waals surface area contributed by atoms with Crippen LogP contribution in [0.1, 0.15) is 70.8 Å². The Morgan fingerprint density at radius 2 is 1.53 bits per heavy atom. The Labute approximate surface area is 335 Å². The Morgan fingerprint density at radius 1 is 0.860 bits per heavy atom. The lowest BCUT2D eigenvalue weighted by molar-refractivity contribution is -0.156. The van der Waals surface area contributed by atoms with Crippen LogP contribution in [0, 0.1) is 6.92 Å². The lowest BCUT2D eigenvalue weighted by Gasteiger charge is -2.38. The molecule has 6 amide bonds. The monoisotopic (exact) mass is 793 g/mol. The topological polar surface area (TPSA) is 210 Å². The summed E-state index contributed by atoms with van der Waals surface area (Å²) in [5.41, 5.74) is 6.77. The normalized spacial score (nSPS) is 19.9. The summed E-state index contributed by atoms with van der Waals surface area (Å²) >= 11 is 0. The van der Waals surface area contributed by atoms with Crippen molar-refractivity contribution >= 4 is 47.6 Å². The van der Waals surface area contributed by atoms with Gasteiger partial charge in [-0.15, -0.1) is 0 Å². The Bertz CT molecular complexity index is 1660. The number of amides is 6. The van der Waals surface area contributed by atoms with Gasteiger partial charge in [0.05, 0.1) is 26.1 Å². The van der Waals surface area contributed by atoms with Crippen molar-refractivity contribution in [3.05, 3.63) is 60.2 Å². The molecule has 3 aliphatic heterocycles. The second kappa shape index (κ2) is 23.5. The molecular formula is C41H59N7O9. The maximum atomic E-state index is 13.5. The molecule has 0 aromatic heterocycles. The number of carbonyl (C=O) groups excluding carboxylic acids is 7. The van der Waals surface area contributed by atoms with Crippen LogP contribution in [0.3, 0.4) is 0 Å². The van der Waals surface area contributed by atoms with Crippen LogP contribution in [0.15, 0.2) is 54.6 Å². The number of methoxy groups -OCH3 is 1. The number of aryl methyl sites for hydroxylation is 1. The van der Waals surface area contributed by atoms with Crippen molar-refractivity contribution in [1.82, 2.24) is 25.3 Å². The van der Waals surface area contributed by atoms with Crippen molar-refractivity contribution in [2.24, 2.45) is 5.73 Å². The number of anilines is 1. The number of primary amides is 1. The summed E-state index contributed by atoms with van der Waals surface area (Å²) in [5.74, 6) is -1.04. The standard InChI is InChI=1S/C24H38N4O6.C10H13N3O3.C7H8/c1-16(15-29)25-22(31)18-8-4-5-12-28(18)23(32)19-9-7-13-27(19)21(30)14-17(2)34-24(33)20-10-6-11-26(20)3;1-16-8-4-2-3-7(5-8)13-10(15)12-6-9(11)14;1-7-5-3-2-4-6-7/h15-20H,4-14H2,1-3H3,(H,25,31);2-5H,6H2,1H3,(H2,11,14)(H2,12,13,15);2-6H,1H3. The van der Waals surface area contributed by atoms with Crippen LogP contribution in [0.5, 0.6) is 5.75 Å². The highest BCUT2D eigenvalue weighted by Gasteiger charge is 2.41. The van der Waals surface area contributed by atoms with E-state index in [-0.39, 0.29) is 42.7 Å². The lowest BCUT2D eigenvalue weighted by Crippen LogP contribution is -2.58. The zero-order valence-electron chi connectivity index (χ0n) is 33.7. The van der Waals surface area contributed by atoms with E-state index in [2.05, 4.69) is 35.0 Å². The Morgan fingerprint density at radius 3 is 2.14 bits per heavy atom. The maximum Gasteiger partial charge on any atom is 0.323 e. The van der Waals surface area contributed by atoms with Gasteiger partial charge in [0.1, 0.15) is 36.3 Å². The van der Waals surface area contributed by atoms with Gasteiger partial charge in [0.15, 0.2) is 0 Å². The first kappa shape index (κ1) is 45.9. The van der Waals surface area contributed by atoms with Crippen molar-refractivity contribution in [3.63, 3.8) is 0 Å². The SMILES string of the molecule is CC(C=O)NC(=O)C1CCCCN1C(=O)C1CCCN1C(=O)CC(C)OC(=O)C1CCCN1C.COc1cccc(NC(=O)NCC(N)=O)c1.Cc1ccccc1. The predicted octanol–water partition coefficient (Wildman–Crippen LogP) is 2.78. The fourth-order valence-corrected chi connectivity index (χ4v) is 6.80. The Hall–Kier alpha value is -5.51. The van der Waals surface area contributed by atoms with Crippen LogP contribution in [-0.4, -0.2) is 127 Å². The average Bonchev–Trinajstić information content (AvgIpc) is 3.87. The molecule has 5 unspecified atom stereocenters. The predicted molar refractivity (Wildman–Crippen MR) is 214 cm³/mol. The molecule has 57 heavy (non-hydrogen) atoms. The minimum absolute atomic E-state index is 0.0206. The number of hydrogen-bond acceptors (Lipinski definition) is 10. The van der Waals surface area contributed by atoms with Crippen LogP contribution in [0.4, 0.5) is 10.5 Å². The number of benzene rings is 2. The van der Waals surface area contributed by atoms with Gasteiger partial charge in [0.25, 0.3) is 0 Å². The van der Waals surface area contributed by atoms with Crippen molar-refractivity contribution < 1.29 is 43.0 Å². The van der Waals surface area contributed by atoms with Gasteiger partial charge in [0.2, 0.25) is 23.6 Å². The summed E-state index contributed by atoms with van der Waals surface area (Å²) in [5, 5.41) is 7.48. The number of likely N-dealkylation sites (N-methyl/N-ethyl adjacent to an activating group) is 1. The number of esters is 1. The highest BCUT2D eigenvalue weighted by atomic mass is 16.5. The Balaban J connectivity index is 0.000000309. The minimum atomic E-state index is -0.635. The van der Waals surface area contributed by atoms with Gasteiger partial charge in [-0.25, -0.2) is 4.79 Å². The zero-order chi connectivity index (χ0) is 41.9. The molecule has 3 aliphatic rings. The summed E-state index contributed by atoms with van der Waals surface area (Å²) < 4.78 is 10.5. The van der Waals surface area contributed by atoms with Crippen LogP contribution in [-0.2, 0) is 33.5 Å². The molecule has 312 valence electrons. The summed E-state index contributed by atoms with van der Waals surface area (Å²) in [6.07, 6.45) is 5.20. The molecule has 0 aliphatic carbocycles. The van der Waals surface area contributed by atoms with Crippen molar-refractivity contribution in [2.75, 3.05) is 45.7 Å². The number of hydrogen-bond donors (Lipinski definition) is 4. The number of nitrogens with one attached hydrogen (secondary N) is 3. The molecule has 2 aromatic rings. The van der Waals surface area contributed by atoms with Crippen molar-refractivity contribution in [2.45, 2.75) is 102 Å². The lowest BCUT2D eigenvalue weighted by atomic mass is 9.99. The molecule has 3 heterocycles. The fraction of sp³-hybridized carbons (Fsp3) is 0.537. The number of aldehydes is 1. The van der Waals surface area contributed by atoms with E-state index in [1.807, 2.05) is 30.1 Å². The first-order valence-electron chi connectivity index (χ1n) is 19.5. The second-order valence-corrected chi connectivity index (χ2v) is 14.5. The van der Waals surface area contributed by atoms with Gasteiger partial charge in [-0.2, -0.15) is 0 Å². The number of ether oxygens (including phenoxy) is 2. The number of nitrogens with zero attached hydrogens (tertiary/aromatic N) is 3. The van der Waals surface area contributed by atoms with Gasteiger partial charge in [-0.3, -0.25) is 28.9 Å². The largest absolute Gasteiger partial charge is 0.497 e. The zero-order valence-corrected chi connectivity index (χ0v) is 33.7. The highest BCUT2D eigenvalue weighted by molar-refractivity contribution is 5.94. The van der Waals surface area contributed by atoms with Gasteiger partial charge in [-0.1, -0.05) is 42.0 Å². The van der Waals surface area contributed by atoms with Gasteiger partial charge in [0, 0.05) is 24.8 Å². The smallest absolute Gasteiger partial charge is 0.323 e. The van der Waals surface area contributed by atoms with Gasteiger partial charge >= 0.3 is 12.0 Å². The molecule has 0 saturated carbocycles. The van der Waals surface area contributed by atoms with Crippen LogP contribution in [0.2, 0.25) is 0 Å². The van der Waals surface area contributed by atoms with E-state index in [4.69, 9.17) is 15.2 Å². The minimum Gasteiger partial charge on any atom is -0.497 e. The average molecular weight is 794 g/mol. The van der Waals surface area contributed by atoms with E-state index in [0.29, 0.717) is 50.1 Å². The van der Waals surface area contributed by atoms with E-state index in [0.717, 1.165) is 32.2 Å². The number of rotatable bonds is 12. The molecule has 0 spiro atoms. The molecule has 3 fully saturated rings. The summed E-state index contributed by atoms with van der Waals surface area (Å²) in [4.78, 5) is 89.4. The molecule has 5 N–H and O–H groups in total. The fourth-order valence-electron chi connectivity index (χ4n) is 6.80. The first-order chi connectivity index (χ1) is 27.2. The number of carbonyl (C=O) groups is 7.